The summed E-state index contributed by atoms with van der Waals surface area (Å²) in [6.45, 7) is 5.22. The summed E-state index contributed by atoms with van der Waals surface area (Å²) in [5.74, 6) is 0.527. The molecule has 16 heavy (non-hydrogen) atoms. The number of nitrogens with one attached hydrogen (secondary N) is 1. The van der Waals surface area contributed by atoms with Gasteiger partial charge in [0.15, 0.2) is 0 Å². The van der Waals surface area contributed by atoms with Gasteiger partial charge in [-0.15, -0.1) is 0 Å². The summed E-state index contributed by atoms with van der Waals surface area (Å²) < 4.78 is 24.3. The van der Waals surface area contributed by atoms with Crippen molar-refractivity contribution >= 4 is 15.9 Å². The van der Waals surface area contributed by atoms with Crippen molar-refractivity contribution in [2.45, 2.75) is 32.7 Å². The molecule has 6 heteroatoms. The summed E-state index contributed by atoms with van der Waals surface area (Å²) in [6, 6.07) is -0.664. The van der Waals surface area contributed by atoms with E-state index in [0.29, 0.717) is 5.92 Å². The Hall–Kier alpha value is -0.620. The lowest BCUT2D eigenvalue weighted by Crippen LogP contribution is -2.48. The second kappa shape index (κ2) is 5.14. The molecule has 0 aromatic carbocycles. The largest absolute Gasteiger partial charge is 0.341 e. The Morgan fingerprint density at radius 3 is 2.31 bits per heavy atom. The molecule has 0 saturated carbocycles. The van der Waals surface area contributed by atoms with Gasteiger partial charge in [0.05, 0.1) is 12.3 Å². The highest BCUT2D eigenvalue weighted by molar-refractivity contribution is 7.88. The molecule has 1 fully saturated rings. The number of carbonyl (C=O) groups excluding carboxylic acids is 1. The second-order valence-corrected chi connectivity index (χ2v) is 6.40. The molecule has 1 saturated heterocycles. The molecule has 0 radical (unpaired) electrons. The van der Waals surface area contributed by atoms with Crippen LogP contribution in [0.1, 0.15) is 26.7 Å². The molecule has 0 aliphatic carbocycles. The average molecular weight is 248 g/mol. The van der Waals surface area contributed by atoms with Gasteiger partial charge in [-0.05, 0) is 25.7 Å². The van der Waals surface area contributed by atoms with Crippen molar-refractivity contribution < 1.29 is 13.2 Å². The van der Waals surface area contributed by atoms with Crippen LogP contribution < -0.4 is 4.72 Å². The third-order valence-electron chi connectivity index (χ3n) is 2.86. The predicted octanol–water partition coefficient (Wildman–Crippen LogP) is 0.183. The number of piperidine rings is 1. The van der Waals surface area contributed by atoms with Crippen molar-refractivity contribution in [2.24, 2.45) is 5.92 Å². The number of amides is 1. The van der Waals surface area contributed by atoms with Crippen LogP contribution in [0.15, 0.2) is 0 Å². The van der Waals surface area contributed by atoms with Crippen molar-refractivity contribution in [1.29, 1.82) is 0 Å². The molecule has 5 nitrogen and oxygen atoms in total. The maximum atomic E-state index is 11.9. The summed E-state index contributed by atoms with van der Waals surface area (Å²) in [5.41, 5.74) is 0. The SMILES string of the molecule is CC1CCN(C(=O)C(C)NS(C)(=O)=O)CC1. The fraction of sp³-hybridized carbons (Fsp3) is 0.900. The molecule has 0 aromatic heterocycles. The zero-order chi connectivity index (χ0) is 12.3. The van der Waals surface area contributed by atoms with Crippen molar-refractivity contribution in [3.8, 4) is 0 Å². The first-order chi connectivity index (χ1) is 7.29. The van der Waals surface area contributed by atoms with E-state index in [1.807, 2.05) is 0 Å². The Bertz CT molecular complexity index is 345. The smallest absolute Gasteiger partial charge is 0.240 e. The van der Waals surface area contributed by atoms with Crippen LogP contribution in [0.4, 0.5) is 0 Å². The molecule has 1 amide bonds. The van der Waals surface area contributed by atoms with Crippen molar-refractivity contribution in [3.63, 3.8) is 0 Å². The van der Waals surface area contributed by atoms with Crippen LogP contribution >= 0.6 is 0 Å². The number of nitrogens with zero attached hydrogens (tertiary/aromatic N) is 1. The van der Waals surface area contributed by atoms with Gasteiger partial charge in [-0.3, -0.25) is 4.79 Å². The van der Waals surface area contributed by atoms with Gasteiger partial charge in [0.1, 0.15) is 0 Å². The van der Waals surface area contributed by atoms with E-state index in [4.69, 9.17) is 0 Å². The van der Waals surface area contributed by atoms with Crippen LogP contribution in [0.2, 0.25) is 0 Å². The minimum absolute atomic E-state index is 0.127. The average Bonchev–Trinajstić information content (AvgIpc) is 2.15. The predicted molar refractivity (Wildman–Crippen MR) is 62.4 cm³/mol. The Morgan fingerprint density at radius 2 is 1.88 bits per heavy atom. The van der Waals surface area contributed by atoms with Crippen LogP contribution in [0.3, 0.4) is 0 Å². The third-order valence-corrected chi connectivity index (χ3v) is 3.64. The lowest BCUT2D eigenvalue weighted by Gasteiger charge is -2.32. The fourth-order valence-electron chi connectivity index (χ4n) is 1.87. The van der Waals surface area contributed by atoms with E-state index in [2.05, 4.69) is 11.6 Å². The van der Waals surface area contributed by atoms with Gasteiger partial charge in [0.25, 0.3) is 0 Å². The van der Waals surface area contributed by atoms with Gasteiger partial charge < -0.3 is 4.90 Å². The van der Waals surface area contributed by atoms with Crippen molar-refractivity contribution in [3.05, 3.63) is 0 Å². The Kier molecular flexibility index (Phi) is 4.32. The molecule has 1 unspecified atom stereocenters. The number of sulfonamides is 1. The van der Waals surface area contributed by atoms with Crippen molar-refractivity contribution in [1.82, 2.24) is 9.62 Å². The molecule has 1 aliphatic rings. The van der Waals surface area contributed by atoms with Crippen LogP contribution in [0, 0.1) is 5.92 Å². The number of carbonyl (C=O) groups is 1. The maximum Gasteiger partial charge on any atom is 0.240 e. The van der Waals surface area contributed by atoms with Gasteiger partial charge in [0.2, 0.25) is 15.9 Å². The van der Waals surface area contributed by atoms with Crippen LogP contribution in [0.25, 0.3) is 0 Å². The third kappa shape index (κ3) is 4.09. The van der Waals surface area contributed by atoms with Gasteiger partial charge in [-0.1, -0.05) is 6.92 Å². The molecule has 1 N–H and O–H groups in total. The van der Waals surface area contributed by atoms with E-state index in [9.17, 15) is 13.2 Å². The number of likely N-dealkylation sites (tertiary alicyclic amines) is 1. The fourth-order valence-corrected chi connectivity index (χ4v) is 2.62. The number of rotatable bonds is 3. The first kappa shape index (κ1) is 13.4. The summed E-state index contributed by atoms with van der Waals surface area (Å²) >= 11 is 0. The highest BCUT2D eigenvalue weighted by atomic mass is 32.2. The maximum absolute atomic E-state index is 11.9. The van der Waals surface area contributed by atoms with Crippen LogP contribution in [-0.2, 0) is 14.8 Å². The van der Waals surface area contributed by atoms with Crippen molar-refractivity contribution in [2.75, 3.05) is 19.3 Å². The topological polar surface area (TPSA) is 66.5 Å². The highest BCUT2D eigenvalue weighted by Gasteiger charge is 2.25. The Balaban J connectivity index is 2.51. The minimum Gasteiger partial charge on any atom is -0.341 e. The van der Waals surface area contributed by atoms with Gasteiger partial charge in [-0.25, -0.2) is 13.1 Å². The molecule has 0 bridgehead atoms. The molecular weight excluding hydrogens is 228 g/mol. The zero-order valence-electron chi connectivity index (χ0n) is 10.1. The normalized spacial score (nSPS) is 20.8. The minimum atomic E-state index is -3.32. The lowest BCUT2D eigenvalue weighted by molar-refractivity contribution is -0.133. The Morgan fingerprint density at radius 1 is 1.38 bits per heavy atom. The van der Waals surface area contributed by atoms with E-state index >= 15 is 0 Å². The van der Waals surface area contributed by atoms with Gasteiger partial charge >= 0.3 is 0 Å². The van der Waals surface area contributed by atoms with E-state index in [0.717, 1.165) is 32.2 Å². The molecular formula is C10H20N2O3S. The van der Waals surface area contributed by atoms with Gasteiger partial charge in [-0.2, -0.15) is 0 Å². The molecule has 1 aliphatic heterocycles. The monoisotopic (exact) mass is 248 g/mol. The molecule has 1 rings (SSSR count). The molecule has 1 heterocycles. The van der Waals surface area contributed by atoms with E-state index < -0.39 is 16.1 Å². The lowest BCUT2D eigenvalue weighted by atomic mass is 9.99. The summed E-state index contributed by atoms with van der Waals surface area (Å²) in [6.07, 6.45) is 3.06. The van der Waals surface area contributed by atoms with E-state index in [1.165, 1.54) is 0 Å². The quantitative estimate of drug-likeness (QED) is 0.775. The van der Waals surface area contributed by atoms with Crippen LogP contribution in [0.5, 0.6) is 0 Å². The standard InChI is InChI=1S/C10H20N2O3S/c1-8-4-6-12(7-5-8)10(13)9(2)11-16(3,14)15/h8-9,11H,4-7H2,1-3H3. The first-order valence-corrected chi connectivity index (χ1v) is 7.45. The van der Waals surface area contributed by atoms with E-state index in [-0.39, 0.29) is 5.91 Å². The van der Waals surface area contributed by atoms with E-state index in [1.54, 1.807) is 11.8 Å². The zero-order valence-corrected chi connectivity index (χ0v) is 10.9. The summed E-state index contributed by atoms with van der Waals surface area (Å²) in [7, 11) is -3.32. The summed E-state index contributed by atoms with van der Waals surface area (Å²) in [4.78, 5) is 13.6. The molecule has 0 spiro atoms. The number of hydrogen-bond acceptors (Lipinski definition) is 3. The second-order valence-electron chi connectivity index (χ2n) is 4.62. The molecule has 94 valence electrons. The number of hydrogen-bond donors (Lipinski definition) is 1. The summed E-state index contributed by atoms with van der Waals surface area (Å²) in [5, 5.41) is 0. The first-order valence-electron chi connectivity index (χ1n) is 5.55. The van der Waals surface area contributed by atoms with Gasteiger partial charge in [0, 0.05) is 13.1 Å². The highest BCUT2D eigenvalue weighted by Crippen LogP contribution is 2.16. The molecule has 1 atom stereocenters. The Labute approximate surface area is 97.2 Å². The molecule has 0 aromatic rings. The van der Waals surface area contributed by atoms with Crippen LogP contribution in [-0.4, -0.2) is 44.6 Å².